The van der Waals surface area contributed by atoms with Gasteiger partial charge < -0.3 is 9.47 Å². The minimum atomic E-state index is -0.477. The third-order valence-corrected chi connectivity index (χ3v) is 3.70. The van der Waals surface area contributed by atoms with E-state index in [4.69, 9.17) is 9.47 Å². The van der Waals surface area contributed by atoms with Crippen molar-refractivity contribution in [3.8, 4) is 11.4 Å². The lowest BCUT2D eigenvalue weighted by atomic mass is 10.1. The molecular weight excluding hydrogens is 332 g/mol. The number of carbonyl (C=O) groups is 2. The number of Topliss-reactive ketones (excluding diaryl/α,β-unsaturated/α-hetero) is 1. The van der Waals surface area contributed by atoms with E-state index in [1.807, 2.05) is 36.5 Å². The highest BCUT2D eigenvalue weighted by atomic mass is 16.6. The lowest BCUT2D eigenvalue weighted by Crippen LogP contribution is -2.15. The first-order valence-corrected chi connectivity index (χ1v) is 8.10. The summed E-state index contributed by atoms with van der Waals surface area (Å²) in [6.45, 7) is 1.42. The Morgan fingerprint density at radius 2 is 1.88 bits per heavy atom. The van der Waals surface area contributed by atoms with Gasteiger partial charge in [-0.15, -0.1) is 0 Å². The first kappa shape index (κ1) is 17.4. The second-order valence-electron chi connectivity index (χ2n) is 5.65. The van der Waals surface area contributed by atoms with E-state index in [9.17, 15) is 9.59 Å². The van der Waals surface area contributed by atoms with Crippen molar-refractivity contribution in [2.45, 2.75) is 13.5 Å². The van der Waals surface area contributed by atoms with Crippen LogP contribution in [0.3, 0.4) is 0 Å². The highest BCUT2D eigenvalue weighted by Gasteiger charge is 2.07. The van der Waals surface area contributed by atoms with Gasteiger partial charge in [-0.25, -0.2) is 9.48 Å². The van der Waals surface area contributed by atoms with Crippen LogP contribution in [0.15, 0.2) is 67.0 Å². The molecule has 0 aliphatic heterocycles. The number of esters is 1. The smallest absolute Gasteiger partial charge is 0.344 e. The topological polar surface area (TPSA) is 70.4 Å². The van der Waals surface area contributed by atoms with E-state index in [2.05, 4.69) is 5.10 Å². The van der Waals surface area contributed by atoms with Crippen LogP contribution in [0.2, 0.25) is 0 Å². The molecule has 2 aromatic carbocycles. The third-order valence-electron chi connectivity index (χ3n) is 3.70. The quantitative estimate of drug-likeness (QED) is 0.483. The summed E-state index contributed by atoms with van der Waals surface area (Å²) in [6, 6.07) is 16.1. The second-order valence-corrected chi connectivity index (χ2v) is 5.65. The maximum atomic E-state index is 11.8. The van der Waals surface area contributed by atoms with E-state index in [1.54, 1.807) is 35.1 Å². The molecule has 3 aromatic rings. The van der Waals surface area contributed by atoms with Crippen molar-refractivity contribution in [2.75, 3.05) is 6.61 Å². The van der Waals surface area contributed by atoms with E-state index in [-0.39, 0.29) is 19.0 Å². The summed E-state index contributed by atoms with van der Waals surface area (Å²) >= 11 is 0. The molecule has 0 unspecified atom stereocenters. The fourth-order valence-corrected chi connectivity index (χ4v) is 2.32. The summed E-state index contributed by atoms with van der Waals surface area (Å²) in [6.07, 6.45) is 3.56. The molecule has 0 fully saturated rings. The predicted octanol–water partition coefficient (Wildman–Crippen LogP) is 3.20. The van der Waals surface area contributed by atoms with Crippen molar-refractivity contribution >= 4 is 11.8 Å². The van der Waals surface area contributed by atoms with Crippen molar-refractivity contribution in [3.63, 3.8) is 0 Å². The molecule has 132 valence electrons. The number of aromatic nitrogens is 2. The average molecular weight is 350 g/mol. The Labute approximate surface area is 151 Å². The van der Waals surface area contributed by atoms with Gasteiger partial charge in [0.05, 0.1) is 5.69 Å². The second kappa shape index (κ2) is 8.11. The number of hydrogen-bond acceptors (Lipinski definition) is 5. The maximum Gasteiger partial charge on any atom is 0.344 e. The molecular formula is C20H18N2O4. The number of carbonyl (C=O) groups excluding carboxylic acids is 2. The minimum Gasteiger partial charge on any atom is -0.482 e. The van der Waals surface area contributed by atoms with Gasteiger partial charge in [0, 0.05) is 18.0 Å². The van der Waals surface area contributed by atoms with Gasteiger partial charge in [-0.1, -0.05) is 24.3 Å². The predicted molar refractivity (Wildman–Crippen MR) is 95.3 cm³/mol. The van der Waals surface area contributed by atoms with Gasteiger partial charge in [-0.3, -0.25) is 4.79 Å². The Kier molecular flexibility index (Phi) is 5.43. The van der Waals surface area contributed by atoms with Gasteiger partial charge in [0.25, 0.3) is 0 Å². The highest BCUT2D eigenvalue weighted by molar-refractivity contribution is 5.94. The normalized spacial score (nSPS) is 10.3. The lowest BCUT2D eigenvalue weighted by Gasteiger charge is -2.08. The number of hydrogen-bond donors (Lipinski definition) is 0. The summed E-state index contributed by atoms with van der Waals surface area (Å²) in [5.74, 6) is -0.0795. The van der Waals surface area contributed by atoms with Gasteiger partial charge in [0.2, 0.25) is 0 Å². The lowest BCUT2D eigenvalue weighted by molar-refractivity contribution is -0.147. The van der Waals surface area contributed by atoms with Crippen LogP contribution in [0, 0.1) is 0 Å². The monoisotopic (exact) mass is 350 g/mol. The van der Waals surface area contributed by atoms with Crippen LogP contribution in [-0.4, -0.2) is 28.1 Å². The first-order valence-electron chi connectivity index (χ1n) is 8.10. The molecule has 0 saturated heterocycles. The van der Waals surface area contributed by atoms with E-state index in [0.717, 1.165) is 11.3 Å². The van der Waals surface area contributed by atoms with Gasteiger partial charge >= 0.3 is 5.97 Å². The minimum absolute atomic E-state index is 0.0587. The van der Waals surface area contributed by atoms with Gasteiger partial charge in [0.1, 0.15) is 12.4 Å². The molecule has 0 aliphatic rings. The largest absolute Gasteiger partial charge is 0.482 e. The molecule has 0 saturated carbocycles. The van der Waals surface area contributed by atoms with Crippen molar-refractivity contribution < 1.29 is 19.1 Å². The summed E-state index contributed by atoms with van der Waals surface area (Å²) in [5.41, 5.74) is 2.33. The fourth-order valence-electron chi connectivity index (χ4n) is 2.32. The van der Waals surface area contributed by atoms with Crippen LogP contribution in [0.5, 0.6) is 5.75 Å². The first-order chi connectivity index (χ1) is 12.6. The summed E-state index contributed by atoms with van der Waals surface area (Å²) in [7, 11) is 0. The van der Waals surface area contributed by atoms with E-state index < -0.39 is 5.97 Å². The molecule has 0 spiro atoms. The van der Waals surface area contributed by atoms with Crippen molar-refractivity contribution in [1.82, 2.24) is 9.78 Å². The Balaban J connectivity index is 1.48. The Bertz CT molecular complexity index is 886. The zero-order chi connectivity index (χ0) is 18.4. The summed E-state index contributed by atoms with van der Waals surface area (Å²) in [4.78, 5) is 23.2. The molecule has 0 aliphatic carbocycles. The van der Waals surface area contributed by atoms with E-state index in [0.29, 0.717) is 11.3 Å². The molecule has 0 N–H and O–H groups in total. The molecule has 0 atom stereocenters. The molecule has 0 amide bonds. The van der Waals surface area contributed by atoms with Crippen molar-refractivity contribution in [2.24, 2.45) is 0 Å². The van der Waals surface area contributed by atoms with Crippen LogP contribution >= 0.6 is 0 Å². The Morgan fingerprint density at radius 3 is 2.58 bits per heavy atom. The number of ketones is 1. The van der Waals surface area contributed by atoms with E-state index in [1.165, 1.54) is 6.92 Å². The van der Waals surface area contributed by atoms with Crippen LogP contribution in [-0.2, 0) is 16.1 Å². The molecule has 0 bridgehead atoms. The molecule has 6 nitrogen and oxygen atoms in total. The SMILES string of the molecule is CC(=O)c1cccc(OCC(=O)OCc2ccc(-n3cccn3)cc2)c1. The molecule has 6 heteroatoms. The van der Waals surface area contributed by atoms with Crippen LogP contribution in [0.4, 0.5) is 0 Å². The molecule has 3 rings (SSSR count). The molecule has 1 aromatic heterocycles. The van der Waals surface area contributed by atoms with Crippen molar-refractivity contribution in [1.29, 1.82) is 0 Å². The van der Waals surface area contributed by atoms with Gasteiger partial charge in [0.15, 0.2) is 12.4 Å². The van der Waals surface area contributed by atoms with Crippen LogP contribution in [0.25, 0.3) is 5.69 Å². The maximum absolute atomic E-state index is 11.8. The molecule has 0 radical (unpaired) electrons. The van der Waals surface area contributed by atoms with Crippen LogP contribution < -0.4 is 4.74 Å². The fraction of sp³-hybridized carbons (Fsp3) is 0.150. The summed E-state index contributed by atoms with van der Waals surface area (Å²) in [5, 5.41) is 4.15. The highest BCUT2D eigenvalue weighted by Crippen LogP contribution is 2.14. The average Bonchev–Trinajstić information content (AvgIpc) is 3.20. The van der Waals surface area contributed by atoms with Crippen molar-refractivity contribution in [3.05, 3.63) is 78.1 Å². The van der Waals surface area contributed by atoms with Gasteiger partial charge in [-0.2, -0.15) is 5.10 Å². The Morgan fingerprint density at radius 1 is 1.08 bits per heavy atom. The number of rotatable bonds is 7. The molecule has 1 heterocycles. The third kappa shape index (κ3) is 4.57. The molecule has 26 heavy (non-hydrogen) atoms. The standard InChI is InChI=1S/C20H18N2O4/c1-15(23)17-4-2-5-19(12-17)25-14-20(24)26-13-16-6-8-18(9-7-16)22-11-3-10-21-22/h2-12H,13-14H2,1H3. The zero-order valence-corrected chi connectivity index (χ0v) is 14.3. The Hall–Kier alpha value is -3.41. The number of benzene rings is 2. The summed E-state index contributed by atoms with van der Waals surface area (Å²) < 4.78 is 12.3. The van der Waals surface area contributed by atoms with E-state index >= 15 is 0 Å². The zero-order valence-electron chi connectivity index (χ0n) is 14.3. The van der Waals surface area contributed by atoms with Gasteiger partial charge in [-0.05, 0) is 42.8 Å². The number of ether oxygens (including phenoxy) is 2. The number of nitrogens with zero attached hydrogens (tertiary/aromatic N) is 2. The van der Waals surface area contributed by atoms with Crippen LogP contribution in [0.1, 0.15) is 22.8 Å².